The van der Waals surface area contributed by atoms with Crippen LogP contribution < -0.4 is 10.6 Å². The van der Waals surface area contributed by atoms with Crippen LogP contribution in [0.1, 0.15) is 24.8 Å². The molecule has 0 aromatic heterocycles. The topological polar surface area (TPSA) is 44.4 Å². The minimum absolute atomic E-state index is 0.0320. The van der Waals surface area contributed by atoms with Crippen molar-refractivity contribution in [2.75, 3.05) is 32.7 Å². The number of piperidine rings is 1. The molecule has 2 aliphatic heterocycles. The number of nitrogens with zero attached hydrogens (tertiary/aromatic N) is 1. The highest BCUT2D eigenvalue weighted by molar-refractivity contribution is 5.74. The molecule has 5 heteroatoms. The maximum absolute atomic E-state index is 12.8. The van der Waals surface area contributed by atoms with Crippen molar-refractivity contribution in [3.05, 3.63) is 35.6 Å². The van der Waals surface area contributed by atoms with E-state index in [1.54, 1.807) is 12.1 Å². The van der Waals surface area contributed by atoms with Gasteiger partial charge in [-0.25, -0.2) is 9.18 Å². The molecule has 1 atom stereocenters. The average molecular weight is 305 g/mol. The van der Waals surface area contributed by atoms with Crippen molar-refractivity contribution in [3.8, 4) is 0 Å². The number of nitrogens with one attached hydrogen (secondary N) is 2. The van der Waals surface area contributed by atoms with E-state index in [-0.39, 0.29) is 11.8 Å². The number of hydrogen-bond acceptors (Lipinski definition) is 2. The lowest BCUT2D eigenvalue weighted by Crippen LogP contribution is -2.45. The van der Waals surface area contributed by atoms with E-state index in [1.807, 2.05) is 4.90 Å². The Kier molecular flexibility index (Phi) is 4.62. The fourth-order valence-electron chi connectivity index (χ4n) is 3.56. The van der Waals surface area contributed by atoms with Crippen molar-refractivity contribution >= 4 is 6.03 Å². The van der Waals surface area contributed by atoms with Crippen LogP contribution in [-0.2, 0) is 6.42 Å². The molecule has 1 spiro atoms. The molecule has 1 aromatic rings. The third-order valence-corrected chi connectivity index (χ3v) is 4.89. The molecule has 0 aliphatic carbocycles. The molecule has 0 unspecified atom stereocenters. The lowest BCUT2D eigenvalue weighted by atomic mass is 9.80. The third kappa shape index (κ3) is 3.58. The summed E-state index contributed by atoms with van der Waals surface area (Å²) in [5.74, 6) is -0.226. The number of likely N-dealkylation sites (tertiary alicyclic amines) is 1. The molecule has 0 radical (unpaired) electrons. The predicted molar refractivity (Wildman–Crippen MR) is 84.2 cm³/mol. The first kappa shape index (κ1) is 15.3. The van der Waals surface area contributed by atoms with E-state index in [0.717, 1.165) is 44.6 Å². The second-order valence-electron chi connectivity index (χ2n) is 6.56. The van der Waals surface area contributed by atoms with E-state index in [9.17, 15) is 9.18 Å². The van der Waals surface area contributed by atoms with Gasteiger partial charge in [-0.1, -0.05) is 12.1 Å². The molecule has 2 fully saturated rings. The minimum atomic E-state index is -0.226. The molecule has 2 amide bonds. The molecule has 120 valence electrons. The summed E-state index contributed by atoms with van der Waals surface area (Å²) >= 11 is 0. The van der Waals surface area contributed by atoms with E-state index in [1.165, 1.54) is 25.0 Å². The van der Waals surface area contributed by atoms with Gasteiger partial charge in [0.25, 0.3) is 0 Å². The van der Waals surface area contributed by atoms with Crippen LogP contribution >= 0.6 is 0 Å². The summed E-state index contributed by atoms with van der Waals surface area (Å²) < 4.78 is 12.8. The summed E-state index contributed by atoms with van der Waals surface area (Å²) in [7, 11) is 0. The summed E-state index contributed by atoms with van der Waals surface area (Å²) in [4.78, 5) is 14.2. The summed E-state index contributed by atoms with van der Waals surface area (Å²) in [6.45, 7) is 4.44. The van der Waals surface area contributed by atoms with Gasteiger partial charge in [-0.3, -0.25) is 0 Å². The number of carbonyl (C=O) groups is 1. The van der Waals surface area contributed by atoms with E-state index in [4.69, 9.17) is 0 Å². The Hall–Kier alpha value is -1.62. The van der Waals surface area contributed by atoms with Crippen LogP contribution in [0.5, 0.6) is 0 Å². The predicted octanol–water partition coefficient (Wildman–Crippen LogP) is 2.15. The van der Waals surface area contributed by atoms with Gasteiger partial charge in [0.15, 0.2) is 0 Å². The van der Waals surface area contributed by atoms with E-state index in [2.05, 4.69) is 10.6 Å². The largest absolute Gasteiger partial charge is 0.338 e. The average Bonchev–Trinajstić information content (AvgIpc) is 2.93. The quantitative estimate of drug-likeness (QED) is 0.899. The number of rotatable bonds is 3. The molecule has 22 heavy (non-hydrogen) atoms. The van der Waals surface area contributed by atoms with Crippen LogP contribution in [0.25, 0.3) is 0 Å². The number of carbonyl (C=O) groups excluding carboxylic acids is 1. The zero-order valence-electron chi connectivity index (χ0n) is 12.9. The highest BCUT2D eigenvalue weighted by Crippen LogP contribution is 2.36. The first-order valence-corrected chi connectivity index (χ1v) is 8.15. The Bertz CT molecular complexity index is 511. The Morgan fingerprint density at radius 2 is 2.14 bits per heavy atom. The fourth-order valence-corrected chi connectivity index (χ4v) is 3.56. The molecule has 3 rings (SSSR count). The molecule has 0 bridgehead atoms. The highest BCUT2D eigenvalue weighted by atomic mass is 19.1. The second kappa shape index (κ2) is 6.65. The summed E-state index contributed by atoms with van der Waals surface area (Å²) in [5.41, 5.74) is 1.34. The van der Waals surface area contributed by atoms with Crippen molar-refractivity contribution in [2.24, 2.45) is 5.41 Å². The van der Waals surface area contributed by atoms with Crippen molar-refractivity contribution in [1.29, 1.82) is 0 Å². The molecular formula is C17H24FN3O. The van der Waals surface area contributed by atoms with Crippen molar-refractivity contribution < 1.29 is 9.18 Å². The minimum Gasteiger partial charge on any atom is -0.338 e. The summed E-state index contributed by atoms with van der Waals surface area (Å²) in [6.07, 6.45) is 4.26. The van der Waals surface area contributed by atoms with Gasteiger partial charge < -0.3 is 15.5 Å². The van der Waals surface area contributed by atoms with Crippen LogP contribution in [0.4, 0.5) is 9.18 Å². The molecule has 0 saturated carbocycles. The van der Waals surface area contributed by atoms with Gasteiger partial charge in [-0.05, 0) is 49.9 Å². The summed E-state index contributed by atoms with van der Waals surface area (Å²) in [6, 6.07) is 6.47. The third-order valence-electron chi connectivity index (χ3n) is 4.89. The Balaban J connectivity index is 1.43. The maximum Gasteiger partial charge on any atom is 0.317 e. The van der Waals surface area contributed by atoms with Gasteiger partial charge in [-0.15, -0.1) is 0 Å². The Labute approximate surface area is 131 Å². The van der Waals surface area contributed by atoms with Crippen molar-refractivity contribution in [2.45, 2.75) is 25.7 Å². The summed E-state index contributed by atoms with van der Waals surface area (Å²) in [5, 5.41) is 6.44. The molecule has 2 heterocycles. The number of halogens is 1. The standard InChI is InChI=1S/C17H24FN3O/c18-15-4-2-14(3-5-15)6-10-20-16(22)21-11-8-17(13-21)7-1-9-19-12-17/h2-5,19H,1,6-13H2,(H,20,22)/t17-/m1/s1. The molecular weight excluding hydrogens is 281 g/mol. The molecule has 1 aromatic carbocycles. The number of hydrogen-bond donors (Lipinski definition) is 2. The molecule has 4 nitrogen and oxygen atoms in total. The van der Waals surface area contributed by atoms with Crippen molar-refractivity contribution in [1.82, 2.24) is 15.5 Å². The van der Waals surface area contributed by atoms with Gasteiger partial charge in [0.1, 0.15) is 5.82 Å². The molecule has 2 saturated heterocycles. The monoisotopic (exact) mass is 305 g/mol. The van der Waals surface area contributed by atoms with Gasteiger partial charge in [0.2, 0.25) is 0 Å². The zero-order chi connectivity index (χ0) is 15.4. The smallest absolute Gasteiger partial charge is 0.317 e. The maximum atomic E-state index is 12.8. The van der Waals surface area contributed by atoms with Crippen LogP contribution in [-0.4, -0.2) is 43.7 Å². The van der Waals surface area contributed by atoms with Crippen LogP contribution in [0.15, 0.2) is 24.3 Å². The zero-order valence-corrected chi connectivity index (χ0v) is 12.9. The highest BCUT2D eigenvalue weighted by Gasteiger charge is 2.40. The SMILES string of the molecule is O=C(NCCc1ccc(F)cc1)N1CC[C@@]2(CCCNC2)C1. The molecule has 2 aliphatic rings. The van der Waals surface area contributed by atoms with Gasteiger partial charge in [0, 0.05) is 31.6 Å². The first-order chi connectivity index (χ1) is 10.7. The lowest BCUT2D eigenvalue weighted by Gasteiger charge is -2.33. The number of amides is 2. The van der Waals surface area contributed by atoms with Gasteiger partial charge in [0.05, 0.1) is 0 Å². The fraction of sp³-hybridized carbons (Fsp3) is 0.588. The van der Waals surface area contributed by atoms with E-state index < -0.39 is 0 Å². The second-order valence-corrected chi connectivity index (χ2v) is 6.56. The van der Waals surface area contributed by atoms with Gasteiger partial charge in [-0.2, -0.15) is 0 Å². The lowest BCUT2D eigenvalue weighted by molar-refractivity contribution is 0.186. The van der Waals surface area contributed by atoms with Crippen molar-refractivity contribution in [3.63, 3.8) is 0 Å². The van der Waals surface area contributed by atoms with E-state index >= 15 is 0 Å². The van der Waals surface area contributed by atoms with Gasteiger partial charge >= 0.3 is 6.03 Å². The number of urea groups is 1. The van der Waals surface area contributed by atoms with Crippen LogP contribution in [0.3, 0.4) is 0 Å². The number of benzene rings is 1. The van der Waals surface area contributed by atoms with Crippen LogP contribution in [0, 0.1) is 11.2 Å². The Morgan fingerprint density at radius 1 is 1.32 bits per heavy atom. The first-order valence-electron chi connectivity index (χ1n) is 8.15. The van der Waals surface area contributed by atoms with E-state index in [0.29, 0.717) is 12.0 Å². The normalized spacial score (nSPS) is 24.7. The molecule has 2 N–H and O–H groups in total. The van der Waals surface area contributed by atoms with Crippen LogP contribution in [0.2, 0.25) is 0 Å². The Morgan fingerprint density at radius 3 is 2.86 bits per heavy atom.